The molecule has 1 unspecified atom stereocenters. The standard InChI is InChI=1S/C19H23N5OS/c1-3-6-15-17(26-23-22-15)19(25)24-10-5-8-13(11-24)18-20-14-9-4-7-12(2)16(14)21-18/h4,7,9,13H,3,5-6,8,10-11H2,1-2H3,(H,20,21). The van der Waals surface area contributed by atoms with Crippen LogP contribution in [0.4, 0.5) is 0 Å². The van der Waals surface area contributed by atoms with Crippen LogP contribution < -0.4 is 0 Å². The van der Waals surface area contributed by atoms with E-state index in [1.54, 1.807) is 0 Å². The minimum Gasteiger partial charge on any atom is -0.342 e. The van der Waals surface area contributed by atoms with E-state index in [0.717, 1.165) is 54.8 Å². The number of nitrogens with zero attached hydrogens (tertiary/aromatic N) is 4. The van der Waals surface area contributed by atoms with Gasteiger partial charge in [0.25, 0.3) is 5.91 Å². The number of imidazole rings is 1. The van der Waals surface area contributed by atoms with Gasteiger partial charge in [-0.1, -0.05) is 30.0 Å². The van der Waals surface area contributed by atoms with Crippen molar-refractivity contribution in [2.75, 3.05) is 13.1 Å². The van der Waals surface area contributed by atoms with Gasteiger partial charge in [0.2, 0.25) is 0 Å². The van der Waals surface area contributed by atoms with Crippen molar-refractivity contribution in [3.8, 4) is 0 Å². The van der Waals surface area contributed by atoms with Crippen molar-refractivity contribution in [3.05, 3.63) is 40.2 Å². The molecule has 136 valence electrons. The maximum atomic E-state index is 13.0. The van der Waals surface area contributed by atoms with Crippen LogP contribution in [0.5, 0.6) is 0 Å². The number of aromatic nitrogens is 4. The van der Waals surface area contributed by atoms with Crippen LogP contribution in [0.3, 0.4) is 0 Å². The molecule has 3 aromatic rings. The molecular formula is C19H23N5OS. The van der Waals surface area contributed by atoms with Crippen LogP contribution in [-0.4, -0.2) is 43.5 Å². The van der Waals surface area contributed by atoms with Gasteiger partial charge < -0.3 is 9.88 Å². The minimum atomic E-state index is 0.0699. The second-order valence-electron chi connectivity index (χ2n) is 6.98. The highest BCUT2D eigenvalue weighted by Gasteiger charge is 2.29. The molecule has 0 bridgehead atoms. The van der Waals surface area contributed by atoms with Gasteiger partial charge in [0.15, 0.2) is 0 Å². The number of likely N-dealkylation sites (tertiary alicyclic amines) is 1. The molecule has 3 heterocycles. The van der Waals surface area contributed by atoms with Crippen molar-refractivity contribution in [3.63, 3.8) is 0 Å². The third-order valence-corrected chi connectivity index (χ3v) is 5.82. The van der Waals surface area contributed by atoms with Crippen molar-refractivity contribution in [2.45, 2.75) is 45.4 Å². The van der Waals surface area contributed by atoms with E-state index in [1.165, 1.54) is 17.1 Å². The zero-order chi connectivity index (χ0) is 18.1. The largest absolute Gasteiger partial charge is 0.342 e. The number of piperidine rings is 1. The topological polar surface area (TPSA) is 74.8 Å². The van der Waals surface area contributed by atoms with Crippen molar-refractivity contribution in [2.24, 2.45) is 0 Å². The Balaban J connectivity index is 1.56. The highest BCUT2D eigenvalue weighted by atomic mass is 32.1. The summed E-state index contributed by atoms with van der Waals surface area (Å²) in [6.45, 7) is 5.66. The molecule has 1 aromatic carbocycles. The number of fused-ring (bicyclic) bond motifs is 1. The number of H-pyrrole nitrogens is 1. The lowest BCUT2D eigenvalue weighted by atomic mass is 9.97. The van der Waals surface area contributed by atoms with E-state index in [4.69, 9.17) is 4.98 Å². The molecule has 7 heteroatoms. The maximum absolute atomic E-state index is 13.0. The van der Waals surface area contributed by atoms with Gasteiger partial charge in [-0.2, -0.15) is 0 Å². The predicted molar refractivity (Wildman–Crippen MR) is 103 cm³/mol. The van der Waals surface area contributed by atoms with E-state index in [-0.39, 0.29) is 11.8 Å². The molecule has 6 nitrogen and oxygen atoms in total. The molecule has 4 rings (SSSR count). The molecule has 26 heavy (non-hydrogen) atoms. The highest BCUT2D eigenvalue weighted by molar-refractivity contribution is 7.08. The molecule has 0 saturated carbocycles. The summed E-state index contributed by atoms with van der Waals surface area (Å²) in [6, 6.07) is 6.18. The van der Waals surface area contributed by atoms with Gasteiger partial charge in [0.1, 0.15) is 10.7 Å². The number of hydrogen-bond acceptors (Lipinski definition) is 5. The van der Waals surface area contributed by atoms with Gasteiger partial charge in [-0.3, -0.25) is 4.79 Å². The Bertz CT molecular complexity index is 931. The Morgan fingerprint density at radius 2 is 2.31 bits per heavy atom. The number of hydrogen-bond donors (Lipinski definition) is 1. The smallest absolute Gasteiger partial charge is 0.267 e. The SMILES string of the molecule is CCCc1nnsc1C(=O)N1CCCC(c2nc3c(C)cccc3[nH]2)C1. The normalized spacial score (nSPS) is 17.8. The Kier molecular flexibility index (Phi) is 4.72. The summed E-state index contributed by atoms with van der Waals surface area (Å²) >= 11 is 1.22. The maximum Gasteiger partial charge on any atom is 0.267 e. The first-order chi connectivity index (χ1) is 12.7. The summed E-state index contributed by atoms with van der Waals surface area (Å²) in [6.07, 6.45) is 3.80. The fourth-order valence-electron chi connectivity index (χ4n) is 3.69. The molecule has 0 spiro atoms. The van der Waals surface area contributed by atoms with Crippen molar-refractivity contribution in [1.29, 1.82) is 0 Å². The molecule has 1 saturated heterocycles. The summed E-state index contributed by atoms with van der Waals surface area (Å²) in [4.78, 5) is 23.9. The van der Waals surface area contributed by atoms with E-state index in [1.807, 2.05) is 11.0 Å². The van der Waals surface area contributed by atoms with Gasteiger partial charge in [-0.25, -0.2) is 4.98 Å². The summed E-state index contributed by atoms with van der Waals surface area (Å²) in [5.74, 6) is 1.30. The quantitative estimate of drug-likeness (QED) is 0.761. The first-order valence-corrected chi connectivity index (χ1v) is 10.0. The van der Waals surface area contributed by atoms with Crippen LogP contribution in [0.25, 0.3) is 11.0 Å². The lowest BCUT2D eigenvalue weighted by Crippen LogP contribution is -2.39. The average Bonchev–Trinajstić information content (AvgIpc) is 3.29. The Hall–Kier alpha value is -2.28. The van der Waals surface area contributed by atoms with Crippen LogP contribution in [0.1, 0.15) is 58.9 Å². The monoisotopic (exact) mass is 369 g/mol. The molecule has 0 radical (unpaired) electrons. The van der Waals surface area contributed by atoms with Crippen molar-refractivity contribution >= 4 is 28.5 Å². The number of nitrogens with one attached hydrogen (secondary N) is 1. The van der Waals surface area contributed by atoms with E-state index < -0.39 is 0 Å². The fraction of sp³-hybridized carbons (Fsp3) is 0.474. The number of aryl methyl sites for hydroxylation is 2. The zero-order valence-corrected chi connectivity index (χ0v) is 16.0. The lowest BCUT2D eigenvalue weighted by Gasteiger charge is -2.31. The van der Waals surface area contributed by atoms with Crippen LogP contribution >= 0.6 is 11.5 Å². The molecule has 1 fully saturated rings. The molecular weight excluding hydrogens is 346 g/mol. The van der Waals surface area contributed by atoms with Gasteiger partial charge in [-0.15, -0.1) is 5.10 Å². The van der Waals surface area contributed by atoms with Gasteiger partial charge in [0.05, 0.1) is 16.7 Å². The van der Waals surface area contributed by atoms with Gasteiger partial charge in [-0.05, 0) is 49.3 Å². The number of carbonyl (C=O) groups excluding carboxylic acids is 1. The van der Waals surface area contributed by atoms with Crippen molar-refractivity contribution < 1.29 is 4.79 Å². The third-order valence-electron chi connectivity index (χ3n) is 5.06. The first kappa shape index (κ1) is 17.1. The lowest BCUT2D eigenvalue weighted by molar-refractivity contribution is 0.0708. The number of benzene rings is 1. The van der Waals surface area contributed by atoms with Gasteiger partial charge in [0, 0.05) is 19.0 Å². The third kappa shape index (κ3) is 3.11. The summed E-state index contributed by atoms with van der Waals surface area (Å²) in [7, 11) is 0. The summed E-state index contributed by atoms with van der Waals surface area (Å²) < 4.78 is 4.00. The molecule has 1 atom stereocenters. The zero-order valence-electron chi connectivity index (χ0n) is 15.2. The van der Waals surface area contributed by atoms with E-state index in [0.29, 0.717) is 11.4 Å². The number of aromatic amines is 1. The van der Waals surface area contributed by atoms with Crippen LogP contribution in [0, 0.1) is 6.92 Å². The Labute approximate surface area is 156 Å². The fourth-order valence-corrected chi connectivity index (χ4v) is 4.36. The second-order valence-corrected chi connectivity index (χ2v) is 7.74. The second kappa shape index (κ2) is 7.15. The molecule has 1 N–H and O–H groups in total. The minimum absolute atomic E-state index is 0.0699. The molecule has 0 aliphatic carbocycles. The van der Waals surface area contributed by atoms with Crippen LogP contribution in [0.15, 0.2) is 18.2 Å². The first-order valence-electron chi connectivity index (χ1n) is 9.23. The summed E-state index contributed by atoms with van der Waals surface area (Å²) in [5.41, 5.74) is 4.11. The molecule has 1 aliphatic heterocycles. The number of para-hydroxylation sites is 1. The van der Waals surface area contributed by atoms with Gasteiger partial charge >= 0.3 is 0 Å². The highest BCUT2D eigenvalue weighted by Crippen LogP contribution is 2.29. The van der Waals surface area contributed by atoms with E-state index in [9.17, 15) is 4.79 Å². The van der Waals surface area contributed by atoms with Crippen LogP contribution in [-0.2, 0) is 6.42 Å². The van der Waals surface area contributed by atoms with Crippen molar-refractivity contribution in [1.82, 2.24) is 24.5 Å². The van der Waals surface area contributed by atoms with E-state index >= 15 is 0 Å². The summed E-state index contributed by atoms with van der Waals surface area (Å²) in [5, 5.41) is 4.14. The Morgan fingerprint density at radius 1 is 1.42 bits per heavy atom. The Morgan fingerprint density at radius 3 is 3.12 bits per heavy atom. The molecule has 2 aromatic heterocycles. The number of carbonyl (C=O) groups is 1. The average molecular weight is 369 g/mol. The predicted octanol–water partition coefficient (Wildman–Crippen LogP) is 3.70. The molecule has 1 aliphatic rings. The van der Waals surface area contributed by atoms with Crippen LogP contribution in [0.2, 0.25) is 0 Å². The molecule has 1 amide bonds. The van der Waals surface area contributed by atoms with E-state index in [2.05, 4.69) is 40.6 Å². The number of amides is 1. The number of rotatable bonds is 4.